The van der Waals surface area contributed by atoms with E-state index in [1.165, 1.54) is 0 Å². The van der Waals surface area contributed by atoms with Crippen LogP contribution in [0.1, 0.15) is 26.0 Å². The molecule has 0 unspecified atom stereocenters. The molecule has 22 heavy (non-hydrogen) atoms. The third kappa shape index (κ3) is 6.29. The van der Waals surface area contributed by atoms with Gasteiger partial charge < -0.3 is 15.3 Å². The van der Waals surface area contributed by atoms with Gasteiger partial charge in [-0.1, -0.05) is 13.8 Å². The Kier molecular flexibility index (Phi) is 8.37. The van der Waals surface area contributed by atoms with Gasteiger partial charge in [-0.2, -0.15) is 0 Å². The van der Waals surface area contributed by atoms with Gasteiger partial charge in [0.25, 0.3) is 0 Å². The van der Waals surface area contributed by atoms with Gasteiger partial charge in [0, 0.05) is 11.0 Å². The van der Waals surface area contributed by atoms with E-state index < -0.39 is 0 Å². The number of carbonyl (C=O) groups excluding carboxylic acids is 1. The third-order valence-corrected chi connectivity index (χ3v) is 4.34. The average molecular weight is 373 g/mol. The zero-order valence-corrected chi connectivity index (χ0v) is 15.0. The van der Waals surface area contributed by atoms with Crippen LogP contribution in [0, 0.1) is 6.92 Å². The second-order valence-corrected chi connectivity index (χ2v) is 5.91. The van der Waals surface area contributed by atoms with Crippen LogP contribution in [0.25, 0.3) is 0 Å². The molecule has 0 aliphatic rings. The summed E-state index contributed by atoms with van der Waals surface area (Å²) in [5.74, 6) is 0.485. The molecule has 1 aromatic rings. The fourth-order valence-electron chi connectivity index (χ4n) is 2.04. The van der Waals surface area contributed by atoms with Gasteiger partial charge in [0.1, 0.15) is 5.82 Å². The van der Waals surface area contributed by atoms with Crippen LogP contribution in [-0.2, 0) is 0 Å². The van der Waals surface area contributed by atoms with Crippen molar-refractivity contribution in [2.45, 2.75) is 33.2 Å². The first-order valence-corrected chi connectivity index (χ1v) is 8.33. The molecule has 7 heteroatoms. The first-order valence-electron chi connectivity index (χ1n) is 7.54. The molecular formula is C15H25BrN4O2. The van der Waals surface area contributed by atoms with Crippen LogP contribution < -0.4 is 10.6 Å². The second-order valence-electron chi connectivity index (χ2n) is 5.06. The first kappa shape index (κ1) is 18.9. The van der Waals surface area contributed by atoms with Crippen LogP contribution >= 0.6 is 15.9 Å². The van der Waals surface area contributed by atoms with Crippen molar-refractivity contribution in [3.8, 4) is 0 Å². The summed E-state index contributed by atoms with van der Waals surface area (Å²) in [4.78, 5) is 18.5. The highest BCUT2D eigenvalue weighted by Crippen LogP contribution is 2.16. The number of aromatic nitrogens is 1. The summed E-state index contributed by atoms with van der Waals surface area (Å²) in [5, 5.41) is 14.9. The lowest BCUT2D eigenvalue weighted by Crippen LogP contribution is -2.42. The van der Waals surface area contributed by atoms with E-state index in [2.05, 4.69) is 50.3 Å². The summed E-state index contributed by atoms with van der Waals surface area (Å²) in [5.41, 5.74) is 0.804. The predicted molar refractivity (Wildman–Crippen MR) is 92.1 cm³/mol. The monoisotopic (exact) mass is 372 g/mol. The Balaban J connectivity index is 2.48. The molecule has 0 fully saturated rings. The van der Waals surface area contributed by atoms with Gasteiger partial charge in [-0.3, -0.25) is 5.32 Å². The Morgan fingerprint density at radius 2 is 2.09 bits per heavy atom. The summed E-state index contributed by atoms with van der Waals surface area (Å²) in [6.07, 6.45) is 0.707. The maximum atomic E-state index is 12.0. The second kappa shape index (κ2) is 9.76. The lowest BCUT2D eigenvalue weighted by molar-refractivity contribution is 0.206. The standard InChI is InChI=1S/C15H25BrN4O2/c1-4-20(5-2)9-8-12(10-21)18-15(22)19-14-7-6-13(16)11(3)17-14/h6-7,12,21H,4-5,8-10H2,1-3H3,(H2,17,18,19,22)/t12-/m1/s1. The van der Waals surface area contributed by atoms with Crippen molar-refractivity contribution in [1.29, 1.82) is 0 Å². The molecule has 124 valence electrons. The fourth-order valence-corrected chi connectivity index (χ4v) is 2.26. The van der Waals surface area contributed by atoms with E-state index in [-0.39, 0.29) is 18.7 Å². The average Bonchev–Trinajstić information content (AvgIpc) is 2.50. The van der Waals surface area contributed by atoms with Crippen LogP contribution in [0.5, 0.6) is 0 Å². The maximum absolute atomic E-state index is 12.0. The van der Waals surface area contributed by atoms with Crippen LogP contribution in [-0.4, -0.2) is 53.3 Å². The fraction of sp³-hybridized carbons (Fsp3) is 0.600. The van der Waals surface area contributed by atoms with Crippen molar-refractivity contribution in [2.75, 3.05) is 31.6 Å². The molecular weight excluding hydrogens is 348 g/mol. The maximum Gasteiger partial charge on any atom is 0.320 e. The number of carbonyl (C=O) groups is 1. The number of hydrogen-bond acceptors (Lipinski definition) is 4. The molecule has 1 rings (SSSR count). The zero-order valence-electron chi connectivity index (χ0n) is 13.4. The Morgan fingerprint density at radius 3 is 2.64 bits per heavy atom. The molecule has 1 heterocycles. The number of pyridine rings is 1. The Labute approximate surface area is 140 Å². The largest absolute Gasteiger partial charge is 0.394 e. The molecule has 3 N–H and O–H groups in total. The summed E-state index contributed by atoms with van der Waals surface area (Å²) in [6, 6.07) is 2.94. The number of rotatable bonds is 8. The molecule has 0 aliphatic heterocycles. The number of urea groups is 1. The minimum absolute atomic E-state index is 0.0819. The van der Waals surface area contributed by atoms with Crippen LogP contribution in [0.3, 0.4) is 0 Å². The van der Waals surface area contributed by atoms with Gasteiger partial charge in [0.05, 0.1) is 18.3 Å². The van der Waals surface area contributed by atoms with E-state index in [4.69, 9.17) is 0 Å². The summed E-state index contributed by atoms with van der Waals surface area (Å²) in [7, 11) is 0. The first-order chi connectivity index (χ1) is 10.5. The molecule has 0 bridgehead atoms. The molecule has 1 aromatic heterocycles. The van der Waals surface area contributed by atoms with Gasteiger partial charge in [0.2, 0.25) is 0 Å². The normalized spacial score (nSPS) is 12.3. The minimum atomic E-state index is -0.354. The summed E-state index contributed by atoms with van der Waals surface area (Å²) < 4.78 is 0.894. The molecule has 0 saturated carbocycles. The Bertz CT molecular complexity index is 481. The van der Waals surface area contributed by atoms with Crippen molar-refractivity contribution in [3.05, 3.63) is 22.3 Å². The molecule has 0 saturated heterocycles. The van der Waals surface area contributed by atoms with E-state index in [9.17, 15) is 9.90 Å². The molecule has 2 amide bonds. The minimum Gasteiger partial charge on any atom is -0.394 e. The Hall–Kier alpha value is -1.18. The topological polar surface area (TPSA) is 77.5 Å². The lowest BCUT2D eigenvalue weighted by Gasteiger charge is -2.22. The number of halogens is 1. The number of nitrogens with zero attached hydrogens (tertiary/aromatic N) is 2. The highest BCUT2D eigenvalue weighted by atomic mass is 79.9. The van der Waals surface area contributed by atoms with Crippen molar-refractivity contribution in [1.82, 2.24) is 15.2 Å². The van der Waals surface area contributed by atoms with Gasteiger partial charge in [0.15, 0.2) is 0 Å². The van der Waals surface area contributed by atoms with Crippen molar-refractivity contribution in [3.63, 3.8) is 0 Å². The SMILES string of the molecule is CCN(CC)CC[C@H](CO)NC(=O)Nc1ccc(Br)c(C)n1. The zero-order chi connectivity index (χ0) is 16.5. The van der Waals surface area contributed by atoms with Crippen molar-refractivity contribution in [2.24, 2.45) is 0 Å². The number of anilines is 1. The van der Waals surface area contributed by atoms with E-state index in [0.29, 0.717) is 12.2 Å². The smallest absolute Gasteiger partial charge is 0.320 e. The van der Waals surface area contributed by atoms with Crippen molar-refractivity contribution < 1.29 is 9.90 Å². The molecule has 6 nitrogen and oxygen atoms in total. The van der Waals surface area contributed by atoms with Gasteiger partial charge in [-0.15, -0.1) is 0 Å². The molecule has 0 radical (unpaired) electrons. The van der Waals surface area contributed by atoms with Crippen molar-refractivity contribution >= 4 is 27.8 Å². The number of amides is 2. The van der Waals surface area contributed by atoms with Crippen LogP contribution in [0.15, 0.2) is 16.6 Å². The third-order valence-electron chi connectivity index (χ3n) is 3.51. The van der Waals surface area contributed by atoms with E-state index in [1.54, 1.807) is 6.07 Å². The summed E-state index contributed by atoms with van der Waals surface area (Å²) in [6.45, 7) is 8.73. The summed E-state index contributed by atoms with van der Waals surface area (Å²) >= 11 is 3.37. The van der Waals surface area contributed by atoms with Crippen LogP contribution in [0.4, 0.5) is 10.6 Å². The number of aliphatic hydroxyl groups is 1. The highest BCUT2D eigenvalue weighted by molar-refractivity contribution is 9.10. The Morgan fingerprint density at radius 1 is 1.41 bits per heavy atom. The number of aliphatic hydroxyl groups excluding tert-OH is 1. The van der Waals surface area contributed by atoms with Gasteiger partial charge >= 0.3 is 6.03 Å². The molecule has 0 spiro atoms. The predicted octanol–water partition coefficient (Wildman–Crippen LogP) is 2.37. The van der Waals surface area contributed by atoms with E-state index >= 15 is 0 Å². The molecule has 0 aromatic carbocycles. The number of hydrogen-bond donors (Lipinski definition) is 3. The quantitative estimate of drug-likeness (QED) is 0.654. The van der Waals surface area contributed by atoms with Gasteiger partial charge in [-0.25, -0.2) is 9.78 Å². The van der Waals surface area contributed by atoms with E-state index in [0.717, 1.165) is 29.8 Å². The van der Waals surface area contributed by atoms with Gasteiger partial charge in [-0.05, 0) is 54.5 Å². The lowest BCUT2D eigenvalue weighted by atomic mass is 10.2. The highest BCUT2D eigenvalue weighted by Gasteiger charge is 2.13. The number of nitrogens with one attached hydrogen (secondary N) is 2. The molecule has 1 atom stereocenters. The molecule has 0 aliphatic carbocycles. The van der Waals surface area contributed by atoms with Crippen LogP contribution in [0.2, 0.25) is 0 Å². The number of aryl methyl sites for hydroxylation is 1. The van der Waals surface area contributed by atoms with E-state index in [1.807, 2.05) is 13.0 Å².